The molecule has 0 aromatic heterocycles. The van der Waals surface area contributed by atoms with E-state index in [0.29, 0.717) is 6.54 Å². The number of aliphatic hydroxyl groups is 2. The smallest absolute Gasteiger partial charge is 0.250 e. The number of rotatable bonds is 1. The van der Waals surface area contributed by atoms with Crippen LogP contribution >= 0.6 is 0 Å². The van der Waals surface area contributed by atoms with E-state index in [2.05, 4.69) is 0 Å². The molecule has 3 rings (SSSR count). The normalized spacial score (nSPS) is 37.3. The molecule has 2 aliphatic heterocycles. The predicted octanol–water partition coefficient (Wildman–Crippen LogP) is -1.50. The summed E-state index contributed by atoms with van der Waals surface area (Å²) in [4.78, 5) is 27.4. The first-order valence-corrected chi connectivity index (χ1v) is 6.30. The molecule has 0 bridgehead atoms. The Morgan fingerprint density at radius 2 is 2.11 bits per heavy atom. The van der Waals surface area contributed by atoms with Crippen LogP contribution in [0.5, 0.6) is 0 Å². The Hall–Kier alpha value is -1.66. The number of allylic oxidation sites excluding steroid dienone is 2. The molecule has 0 aromatic rings. The summed E-state index contributed by atoms with van der Waals surface area (Å²) >= 11 is 0. The summed E-state index contributed by atoms with van der Waals surface area (Å²) in [5.41, 5.74) is 0.789. The van der Waals surface area contributed by atoms with Crippen LogP contribution in [0.15, 0.2) is 23.8 Å². The van der Waals surface area contributed by atoms with Gasteiger partial charge in [0.25, 0.3) is 0 Å². The minimum absolute atomic E-state index is 0.199. The third-order valence-electron chi connectivity index (χ3n) is 4.25. The summed E-state index contributed by atoms with van der Waals surface area (Å²) in [6, 6.07) is -1.43. The van der Waals surface area contributed by atoms with Gasteiger partial charge in [-0.15, -0.1) is 0 Å². The highest BCUT2D eigenvalue weighted by atomic mass is 16.3. The first-order valence-electron chi connectivity index (χ1n) is 6.30. The molecule has 19 heavy (non-hydrogen) atoms. The molecule has 2 saturated heterocycles. The maximum absolute atomic E-state index is 12.4. The van der Waals surface area contributed by atoms with E-state index in [9.17, 15) is 19.8 Å². The van der Waals surface area contributed by atoms with Gasteiger partial charge in [-0.2, -0.15) is 0 Å². The Morgan fingerprint density at radius 1 is 1.37 bits per heavy atom. The Bertz CT molecular complexity index is 499. The molecule has 4 unspecified atom stereocenters. The Labute approximate surface area is 110 Å². The van der Waals surface area contributed by atoms with Gasteiger partial charge in [0.15, 0.2) is 0 Å². The fourth-order valence-corrected chi connectivity index (χ4v) is 3.14. The first-order chi connectivity index (χ1) is 9.06. The molecule has 3 aliphatic rings. The van der Waals surface area contributed by atoms with Crippen LogP contribution in [0.3, 0.4) is 0 Å². The van der Waals surface area contributed by atoms with Crippen molar-refractivity contribution in [2.45, 2.75) is 18.2 Å². The first kappa shape index (κ1) is 12.4. The number of hydrogen-bond acceptors (Lipinski definition) is 4. The van der Waals surface area contributed by atoms with E-state index in [0.717, 1.165) is 5.57 Å². The van der Waals surface area contributed by atoms with Gasteiger partial charge in [-0.3, -0.25) is 9.59 Å². The number of hydrogen-bond donors (Lipinski definition) is 2. The van der Waals surface area contributed by atoms with Gasteiger partial charge in [0.1, 0.15) is 12.1 Å². The van der Waals surface area contributed by atoms with E-state index < -0.39 is 18.2 Å². The highest BCUT2D eigenvalue weighted by Crippen LogP contribution is 2.38. The van der Waals surface area contributed by atoms with Crippen LogP contribution in [0.1, 0.15) is 0 Å². The molecule has 0 spiro atoms. The van der Waals surface area contributed by atoms with Gasteiger partial charge in [0, 0.05) is 19.5 Å². The molecule has 0 radical (unpaired) electrons. The lowest BCUT2D eigenvalue weighted by molar-refractivity contribution is -0.158. The Morgan fingerprint density at radius 3 is 2.79 bits per heavy atom. The minimum Gasteiger partial charge on any atom is -0.394 e. The molecule has 102 valence electrons. The van der Waals surface area contributed by atoms with E-state index in [1.54, 1.807) is 18.2 Å². The highest BCUT2D eigenvalue weighted by molar-refractivity contribution is 5.99. The van der Waals surface area contributed by atoms with Gasteiger partial charge < -0.3 is 20.0 Å². The van der Waals surface area contributed by atoms with E-state index in [-0.39, 0.29) is 24.3 Å². The molecule has 4 atom stereocenters. The van der Waals surface area contributed by atoms with Crippen molar-refractivity contribution in [3.8, 4) is 0 Å². The quantitative estimate of drug-likeness (QED) is 0.604. The summed E-state index contributed by atoms with van der Waals surface area (Å²) in [5.74, 6) is -0.666. The molecule has 0 aromatic carbocycles. The van der Waals surface area contributed by atoms with Crippen molar-refractivity contribution in [3.05, 3.63) is 23.8 Å². The zero-order chi connectivity index (χ0) is 13.7. The maximum atomic E-state index is 12.4. The van der Waals surface area contributed by atoms with Crippen molar-refractivity contribution in [2.75, 3.05) is 20.2 Å². The van der Waals surface area contributed by atoms with Gasteiger partial charge in [-0.05, 0) is 5.57 Å². The second-order valence-electron chi connectivity index (χ2n) is 5.19. The number of carbonyl (C=O) groups excluding carboxylic acids is 2. The molecular formula is C13H16N2O4. The molecule has 2 heterocycles. The summed E-state index contributed by atoms with van der Waals surface area (Å²) in [6.07, 6.45) is 4.52. The van der Waals surface area contributed by atoms with Crippen molar-refractivity contribution in [3.63, 3.8) is 0 Å². The minimum atomic E-state index is -0.811. The van der Waals surface area contributed by atoms with Gasteiger partial charge in [0.2, 0.25) is 11.8 Å². The average molecular weight is 264 g/mol. The summed E-state index contributed by atoms with van der Waals surface area (Å²) < 4.78 is 0. The predicted molar refractivity (Wildman–Crippen MR) is 65.9 cm³/mol. The topological polar surface area (TPSA) is 81.1 Å². The van der Waals surface area contributed by atoms with E-state index in [1.165, 1.54) is 16.8 Å². The standard InChI is InChI=1S/C13H16N2O4/c1-14-9(6-16)12(18)15-5-8-7(11(15)13(14)19)3-2-4-10(8)17/h2-4,8-11,16-17H,5-6H2,1H3. The Balaban J connectivity index is 2.00. The SMILES string of the molecule is CN1C(=O)C2C3=CC=CC(O)C3CN2C(=O)C1CO. The monoisotopic (exact) mass is 264 g/mol. The Kier molecular flexibility index (Phi) is 2.72. The van der Waals surface area contributed by atoms with E-state index in [1.807, 2.05) is 0 Å². The van der Waals surface area contributed by atoms with Crippen LogP contribution < -0.4 is 0 Å². The summed E-state index contributed by atoms with van der Waals surface area (Å²) in [6.45, 7) is -0.0499. The number of fused-ring (bicyclic) bond motifs is 3. The highest BCUT2D eigenvalue weighted by Gasteiger charge is 2.52. The van der Waals surface area contributed by atoms with Crippen LogP contribution in [0.25, 0.3) is 0 Å². The fourth-order valence-electron chi connectivity index (χ4n) is 3.14. The lowest BCUT2D eigenvalue weighted by Gasteiger charge is -2.39. The number of nitrogens with zero attached hydrogens (tertiary/aromatic N) is 2. The fraction of sp³-hybridized carbons (Fsp3) is 0.538. The molecule has 6 heteroatoms. The van der Waals surface area contributed by atoms with Crippen LogP contribution in [0, 0.1) is 5.92 Å². The van der Waals surface area contributed by atoms with Crippen LogP contribution in [-0.2, 0) is 9.59 Å². The third kappa shape index (κ3) is 1.56. The van der Waals surface area contributed by atoms with Crippen molar-refractivity contribution in [1.82, 2.24) is 9.80 Å². The number of likely N-dealkylation sites (N-methyl/N-ethyl adjacent to an activating group) is 1. The van der Waals surface area contributed by atoms with Gasteiger partial charge in [-0.25, -0.2) is 0 Å². The number of piperazine rings is 1. The second kappa shape index (κ2) is 4.18. The lowest BCUT2D eigenvalue weighted by Crippen LogP contribution is -2.62. The van der Waals surface area contributed by atoms with Crippen LogP contribution in [0.4, 0.5) is 0 Å². The van der Waals surface area contributed by atoms with Crippen molar-refractivity contribution < 1.29 is 19.8 Å². The number of aliphatic hydroxyl groups excluding tert-OH is 2. The van der Waals surface area contributed by atoms with Gasteiger partial charge in [0.05, 0.1) is 12.7 Å². The molecule has 0 saturated carbocycles. The van der Waals surface area contributed by atoms with Crippen molar-refractivity contribution in [1.29, 1.82) is 0 Å². The summed E-state index contributed by atoms with van der Waals surface area (Å²) in [7, 11) is 1.53. The molecule has 2 N–H and O–H groups in total. The lowest BCUT2D eigenvalue weighted by atomic mass is 9.88. The molecule has 6 nitrogen and oxygen atoms in total. The molecular weight excluding hydrogens is 248 g/mol. The molecule has 1 aliphatic carbocycles. The third-order valence-corrected chi connectivity index (χ3v) is 4.25. The average Bonchev–Trinajstić information content (AvgIpc) is 2.78. The largest absolute Gasteiger partial charge is 0.394 e. The second-order valence-corrected chi connectivity index (χ2v) is 5.19. The molecule has 2 amide bonds. The number of amides is 2. The maximum Gasteiger partial charge on any atom is 0.250 e. The van der Waals surface area contributed by atoms with E-state index >= 15 is 0 Å². The number of carbonyl (C=O) groups is 2. The zero-order valence-electron chi connectivity index (χ0n) is 10.6. The van der Waals surface area contributed by atoms with E-state index in [4.69, 9.17) is 0 Å². The van der Waals surface area contributed by atoms with Gasteiger partial charge >= 0.3 is 0 Å². The van der Waals surface area contributed by atoms with Crippen molar-refractivity contribution >= 4 is 11.8 Å². The van der Waals surface area contributed by atoms with Crippen molar-refractivity contribution in [2.24, 2.45) is 5.92 Å². The van der Waals surface area contributed by atoms with Crippen LogP contribution in [-0.4, -0.2) is 70.2 Å². The van der Waals surface area contributed by atoms with Crippen LogP contribution in [0.2, 0.25) is 0 Å². The molecule has 2 fully saturated rings. The zero-order valence-corrected chi connectivity index (χ0v) is 10.6. The summed E-state index contributed by atoms with van der Waals surface area (Å²) in [5, 5.41) is 19.2. The van der Waals surface area contributed by atoms with Gasteiger partial charge in [-0.1, -0.05) is 18.2 Å².